The lowest BCUT2D eigenvalue weighted by Crippen LogP contribution is -2.40. The van der Waals surface area contributed by atoms with Crippen LogP contribution in [0.1, 0.15) is 43.7 Å². The van der Waals surface area contributed by atoms with Gasteiger partial charge in [0.25, 0.3) is 0 Å². The first-order chi connectivity index (χ1) is 10.3. The normalized spacial score (nSPS) is 24.0. The molecule has 1 N–H and O–H groups in total. The third-order valence-electron chi connectivity index (χ3n) is 4.77. The molecular formula is C17H23N3S. The minimum absolute atomic E-state index is 0.442. The number of aromatic nitrogens is 1. The van der Waals surface area contributed by atoms with Gasteiger partial charge in [0.15, 0.2) is 0 Å². The second-order valence-electron chi connectivity index (χ2n) is 6.42. The molecule has 2 unspecified atom stereocenters. The molecule has 1 aromatic carbocycles. The lowest BCUT2D eigenvalue weighted by atomic mass is 10.2. The van der Waals surface area contributed by atoms with Crippen LogP contribution < -0.4 is 5.32 Å². The van der Waals surface area contributed by atoms with E-state index in [4.69, 9.17) is 4.98 Å². The molecule has 4 rings (SSSR count). The molecule has 1 aliphatic heterocycles. The maximum Gasteiger partial charge on any atom is 0.111 e. The molecule has 0 spiro atoms. The van der Waals surface area contributed by atoms with Crippen LogP contribution in [0.5, 0.6) is 0 Å². The highest BCUT2D eigenvalue weighted by Gasteiger charge is 2.35. The summed E-state index contributed by atoms with van der Waals surface area (Å²) in [5.74, 6) is 0. The molecule has 21 heavy (non-hydrogen) atoms. The molecule has 1 aromatic heterocycles. The molecule has 0 bridgehead atoms. The van der Waals surface area contributed by atoms with Gasteiger partial charge in [-0.05, 0) is 51.3 Å². The van der Waals surface area contributed by atoms with Crippen LogP contribution in [-0.4, -0.2) is 35.1 Å². The predicted octanol–water partition coefficient (Wildman–Crippen LogP) is 3.57. The van der Waals surface area contributed by atoms with Crippen molar-refractivity contribution in [3.05, 3.63) is 29.3 Å². The van der Waals surface area contributed by atoms with Gasteiger partial charge in [-0.15, -0.1) is 11.3 Å². The van der Waals surface area contributed by atoms with Crippen LogP contribution in [0.25, 0.3) is 10.2 Å². The number of hydrogen-bond acceptors (Lipinski definition) is 4. The Balaban J connectivity index is 1.56. The number of para-hydroxylation sites is 1. The molecule has 2 fully saturated rings. The second-order valence-corrected chi connectivity index (χ2v) is 7.48. The molecule has 2 atom stereocenters. The van der Waals surface area contributed by atoms with E-state index in [1.54, 1.807) is 0 Å². The molecule has 3 nitrogen and oxygen atoms in total. The first kappa shape index (κ1) is 13.7. The van der Waals surface area contributed by atoms with E-state index in [2.05, 4.69) is 41.4 Å². The molecule has 2 heterocycles. The van der Waals surface area contributed by atoms with E-state index >= 15 is 0 Å². The van der Waals surface area contributed by atoms with Crippen molar-refractivity contribution in [2.24, 2.45) is 0 Å². The molecule has 1 aliphatic carbocycles. The lowest BCUT2D eigenvalue weighted by Gasteiger charge is -2.30. The Morgan fingerprint density at radius 3 is 2.90 bits per heavy atom. The quantitative estimate of drug-likeness (QED) is 0.915. The number of rotatable bonds is 5. The number of nitrogens with one attached hydrogen (secondary N) is 1. The van der Waals surface area contributed by atoms with Crippen molar-refractivity contribution in [3.8, 4) is 0 Å². The lowest BCUT2D eigenvalue weighted by molar-refractivity contribution is 0.182. The van der Waals surface area contributed by atoms with Gasteiger partial charge < -0.3 is 5.32 Å². The third-order valence-corrected chi connectivity index (χ3v) is 5.98. The highest BCUT2D eigenvalue weighted by Crippen LogP contribution is 2.37. The van der Waals surface area contributed by atoms with Crippen LogP contribution in [0, 0.1) is 0 Å². The van der Waals surface area contributed by atoms with Crippen molar-refractivity contribution < 1.29 is 0 Å². The Morgan fingerprint density at radius 2 is 2.19 bits per heavy atom. The van der Waals surface area contributed by atoms with Gasteiger partial charge >= 0.3 is 0 Å². The second kappa shape index (κ2) is 5.67. The first-order valence-electron chi connectivity index (χ1n) is 8.16. The van der Waals surface area contributed by atoms with Gasteiger partial charge in [-0.1, -0.05) is 12.1 Å². The Kier molecular flexibility index (Phi) is 3.69. The van der Waals surface area contributed by atoms with Crippen LogP contribution in [0.4, 0.5) is 0 Å². The molecule has 4 heteroatoms. The zero-order valence-corrected chi connectivity index (χ0v) is 13.4. The van der Waals surface area contributed by atoms with Crippen molar-refractivity contribution in [1.29, 1.82) is 0 Å². The maximum absolute atomic E-state index is 4.87. The fraction of sp³-hybridized carbons (Fsp3) is 0.588. The summed E-state index contributed by atoms with van der Waals surface area (Å²) in [7, 11) is 0. The topological polar surface area (TPSA) is 28.2 Å². The summed E-state index contributed by atoms with van der Waals surface area (Å²) in [5, 5.41) is 4.92. The fourth-order valence-electron chi connectivity index (χ4n) is 3.41. The van der Waals surface area contributed by atoms with E-state index in [-0.39, 0.29) is 0 Å². The number of fused-ring (bicyclic) bond motifs is 1. The van der Waals surface area contributed by atoms with Gasteiger partial charge in [0.05, 0.1) is 16.3 Å². The van der Waals surface area contributed by atoms with Crippen LogP contribution in [0.15, 0.2) is 24.3 Å². The van der Waals surface area contributed by atoms with E-state index in [9.17, 15) is 0 Å². The summed E-state index contributed by atoms with van der Waals surface area (Å²) in [6, 6.07) is 10.4. The van der Waals surface area contributed by atoms with E-state index in [1.165, 1.54) is 48.5 Å². The largest absolute Gasteiger partial charge is 0.313 e. The van der Waals surface area contributed by atoms with Gasteiger partial charge in [-0.2, -0.15) is 0 Å². The Morgan fingerprint density at radius 1 is 1.33 bits per heavy atom. The van der Waals surface area contributed by atoms with Crippen molar-refractivity contribution >= 4 is 21.6 Å². The molecule has 0 amide bonds. The molecule has 2 aliphatic rings. The number of nitrogens with zero attached hydrogens (tertiary/aromatic N) is 2. The zero-order valence-electron chi connectivity index (χ0n) is 12.6. The molecule has 2 aromatic rings. The van der Waals surface area contributed by atoms with Crippen molar-refractivity contribution in [2.45, 2.75) is 50.7 Å². The van der Waals surface area contributed by atoms with E-state index in [1.807, 2.05) is 11.3 Å². The zero-order chi connectivity index (χ0) is 14.2. The summed E-state index contributed by atoms with van der Waals surface area (Å²) in [6.45, 7) is 4.71. The summed E-state index contributed by atoms with van der Waals surface area (Å²) in [4.78, 5) is 7.57. The Hall–Kier alpha value is -0.970. The fourth-order valence-corrected chi connectivity index (χ4v) is 4.45. The summed E-state index contributed by atoms with van der Waals surface area (Å²) >= 11 is 1.86. The summed E-state index contributed by atoms with van der Waals surface area (Å²) in [5.41, 5.74) is 1.15. The van der Waals surface area contributed by atoms with E-state index < -0.39 is 0 Å². The van der Waals surface area contributed by atoms with Crippen LogP contribution in [0.2, 0.25) is 0 Å². The third kappa shape index (κ3) is 2.85. The Bertz CT molecular complexity index is 580. The summed E-state index contributed by atoms with van der Waals surface area (Å²) < 4.78 is 1.31. The van der Waals surface area contributed by atoms with E-state index in [0.29, 0.717) is 12.1 Å². The molecule has 1 saturated heterocycles. The highest BCUT2D eigenvalue weighted by atomic mass is 32.1. The molecular weight excluding hydrogens is 278 g/mol. The number of thiazole rings is 1. The minimum atomic E-state index is 0.442. The Labute approximate surface area is 130 Å². The monoisotopic (exact) mass is 301 g/mol. The van der Waals surface area contributed by atoms with Gasteiger partial charge in [-0.25, -0.2) is 4.98 Å². The number of benzene rings is 1. The van der Waals surface area contributed by atoms with Crippen LogP contribution in [-0.2, 0) is 0 Å². The molecule has 1 saturated carbocycles. The van der Waals surface area contributed by atoms with E-state index in [0.717, 1.165) is 11.6 Å². The minimum Gasteiger partial charge on any atom is -0.313 e. The maximum atomic E-state index is 4.87. The van der Waals surface area contributed by atoms with Gasteiger partial charge in [0.1, 0.15) is 5.01 Å². The predicted molar refractivity (Wildman–Crippen MR) is 88.8 cm³/mol. The van der Waals surface area contributed by atoms with Crippen LogP contribution in [0.3, 0.4) is 0 Å². The number of hydrogen-bond donors (Lipinski definition) is 1. The van der Waals surface area contributed by atoms with Crippen molar-refractivity contribution in [2.75, 3.05) is 13.1 Å². The summed E-state index contributed by atoms with van der Waals surface area (Å²) in [6.07, 6.45) is 5.39. The van der Waals surface area contributed by atoms with Crippen LogP contribution >= 0.6 is 11.3 Å². The smallest absolute Gasteiger partial charge is 0.111 e. The average molecular weight is 301 g/mol. The SMILES string of the molecule is CC(c1nc2ccccc2s1)N(CC1CCCN1)C1CC1. The van der Waals surface area contributed by atoms with Crippen molar-refractivity contribution in [3.63, 3.8) is 0 Å². The standard InChI is InChI=1S/C17H23N3S/c1-12(17-19-15-6-2-3-7-16(15)21-17)20(14-8-9-14)11-13-5-4-10-18-13/h2-3,6-7,12-14,18H,4-5,8-11H2,1H3. The highest BCUT2D eigenvalue weighted by molar-refractivity contribution is 7.18. The molecule has 112 valence electrons. The van der Waals surface area contributed by atoms with Gasteiger partial charge in [-0.3, -0.25) is 4.90 Å². The first-order valence-corrected chi connectivity index (χ1v) is 8.97. The average Bonchev–Trinajstić information content (AvgIpc) is 3.04. The van der Waals surface area contributed by atoms with Gasteiger partial charge in [0, 0.05) is 18.6 Å². The van der Waals surface area contributed by atoms with Gasteiger partial charge in [0.2, 0.25) is 0 Å². The van der Waals surface area contributed by atoms with Crippen molar-refractivity contribution in [1.82, 2.24) is 15.2 Å². The molecule has 0 radical (unpaired) electrons.